The maximum atomic E-state index is 13.1. The maximum Gasteiger partial charge on any atom is 0.417 e. The van der Waals surface area contributed by atoms with Gasteiger partial charge >= 0.3 is 12.2 Å². The number of halogens is 4. The van der Waals surface area contributed by atoms with Gasteiger partial charge in [0.25, 0.3) is 0 Å². The summed E-state index contributed by atoms with van der Waals surface area (Å²) in [6.07, 6.45) is -4.06. The Morgan fingerprint density at radius 1 is 1.18 bits per heavy atom. The van der Waals surface area contributed by atoms with Crippen molar-refractivity contribution in [2.75, 3.05) is 23.3 Å². The zero-order chi connectivity index (χ0) is 20.3. The first-order chi connectivity index (χ1) is 13.3. The largest absolute Gasteiger partial charge is 0.417 e. The molecule has 0 spiro atoms. The molecule has 1 atom stereocenters. The van der Waals surface area contributed by atoms with Crippen LogP contribution in [0, 0.1) is 17.1 Å². The summed E-state index contributed by atoms with van der Waals surface area (Å²) >= 11 is 0. The van der Waals surface area contributed by atoms with Gasteiger partial charge in [0.15, 0.2) is 0 Å². The molecule has 0 aliphatic carbocycles. The van der Waals surface area contributed by atoms with Gasteiger partial charge in [0.05, 0.1) is 17.2 Å². The van der Waals surface area contributed by atoms with Crippen molar-refractivity contribution < 1.29 is 22.4 Å². The van der Waals surface area contributed by atoms with E-state index in [4.69, 9.17) is 5.26 Å². The van der Waals surface area contributed by atoms with Crippen molar-refractivity contribution in [3.63, 3.8) is 0 Å². The van der Waals surface area contributed by atoms with Crippen molar-refractivity contribution in [2.45, 2.75) is 18.6 Å². The minimum atomic E-state index is -4.62. The average molecular weight is 392 g/mol. The van der Waals surface area contributed by atoms with E-state index in [2.05, 4.69) is 10.6 Å². The molecule has 0 bridgehead atoms. The lowest BCUT2D eigenvalue weighted by atomic mass is 10.1. The first kappa shape index (κ1) is 19.5. The van der Waals surface area contributed by atoms with Gasteiger partial charge in [0.2, 0.25) is 0 Å². The van der Waals surface area contributed by atoms with Gasteiger partial charge in [0.1, 0.15) is 5.82 Å². The monoisotopic (exact) mass is 392 g/mol. The van der Waals surface area contributed by atoms with Crippen molar-refractivity contribution >= 4 is 17.4 Å². The van der Waals surface area contributed by atoms with E-state index in [9.17, 15) is 22.4 Å². The number of rotatable bonds is 3. The van der Waals surface area contributed by atoms with Crippen molar-refractivity contribution in [3.8, 4) is 6.07 Å². The van der Waals surface area contributed by atoms with Crippen LogP contribution < -0.4 is 15.5 Å². The van der Waals surface area contributed by atoms with Gasteiger partial charge in [-0.2, -0.15) is 18.4 Å². The molecule has 0 saturated carbocycles. The predicted molar refractivity (Wildman–Crippen MR) is 95.3 cm³/mol. The highest BCUT2D eigenvalue weighted by atomic mass is 19.4. The van der Waals surface area contributed by atoms with Crippen LogP contribution in [0.2, 0.25) is 0 Å². The molecular weight excluding hydrogens is 376 g/mol. The molecule has 0 radical (unpaired) electrons. The highest BCUT2D eigenvalue weighted by Gasteiger charge is 2.35. The van der Waals surface area contributed by atoms with Crippen LogP contribution in [0.15, 0.2) is 42.5 Å². The summed E-state index contributed by atoms with van der Waals surface area (Å²) in [7, 11) is 0. The van der Waals surface area contributed by atoms with Gasteiger partial charge in [0, 0.05) is 30.5 Å². The molecular formula is C19H16F4N4O. The topological polar surface area (TPSA) is 68.2 Å². The van der Waals surface area contributed by atoms with Gasteiger partial charge in [-0.1, -0.05) is 0 Å². The number of benzene rings is 2. The fourth-order valence-electron chi connectivity index (χ4n) is 3.06. The summed E-state index contributed by atoms with van der Waals surface area (Å²) in [5.74, 6) is -0.418. The first-order valence-electron chi connectivity index (χ1n) is 8.45. The standard InChI is InChI=1S/C19H16F4N4O/c20-13-2-4-14(5-3-13)25-18(28)26-15-7-8-27(11-15)16-6-1-12(10-24)17(9-16)19(21,22)23/h1-6,9,15H,7-8,11H2,(H2,25,26,28). The van der Waals surface area contributed by atoms with Crippen molar-refractivity contribution in [3.05, 3.63) is 59.4 Å². The van der Waals surface area contributed by atoms with Gasteiger partial charge in [-0.25, -0.2) is 9.18 Å². The Labute approximate surface area is 158 Å². The molecule has 2 aromatic carbocycles. The number of nitriles is 1. The average Bonchev–Trinajstić information content (AvgIpc) is 3.10. The summed E-state index contributed by atoms with van der Waals surface area (Å²) in [5, 5.41) is 14.2. The number of anilines is 2. The Bertz CT molecular complexity index is 906. The third kappa shape index (κ3) is 4.52. The molecule has 2 amide bonds. The van der Waals surface area contributed by atoms with Crippen LogP contribution in [0.4, 0.5) is 33.7 Å². The predicted octanol–water partition coefficient (Wildman–Crippen LogP) is 4.12. The molecule has 0 aromatic heterocycles. The Kier molecular flexibility index (Phi) is 5.40. The van der Waals surface area contributed by atoms with E-state index in [1.807, 2.05) is 0 Å². The summed E-state index contributed by atoms with van der Waals surface area (Å²) in [4.78, 5) is 13.8. The maximum absolute atomic E-state index is 13.1. The second kappa shape index (κ2) is 7.76. The fraction of sp³-hybridized carbons (Fsp3) is 0.263. The van der Waals surface area contributed by atoms with Crippen LogP contribution in [-0.4, -0.2) is 25.2 Å². The fourth-order valence-corrected chi connectivity index (χ4v) is 3.06. The van der Waals surface area contributed by atoms with Crippen LogP contribution in [0.5, 0.6) is 0 Å². The number of amides is 2. The van der Waals surface area contributed by atoms with E-state index in [0.717, 1.165) is 12.1 Å². The molecule has 1 unspecified atom stereocenters. The molecule has 2 N–H and O–H groups in total. The molecule has 146 valence electrons. The number of alkyl halides is 3. The SMILES string of the molecule is N#Cc1ccc(N2CCC(NC(=O)Nc3ccc(F)cc3)C2)cc1C(F)(F)F. The quantitative estimate of drug-likeness (QED) is 0.773. The lowest BCUT2D eigenvalue weighted by Crippen LogP contribution is -2.39. The molecule has 1 aliphatic heterocycles. The third-order valence-electron chi connectivity index (χ3n) is 4.42. The van der Waals surface area contributed by atoms with Crippen LogP contribution in [0.1, 0.15) is 17.5 Å². The third-order valence-corrected chi connectivity index (χ3v) is 4.42. The van der Waals surface area contributed by atoms with Gasteiger partial charge in [-0.15, -0.1) is 0 Å². The molecule has 5 nitrogen and oxygen atoms in total. The van der Waals surface area contributed by atoms with E-state index in [-0.39, 0.29) is 6.04 Å². The number of carbonyl (C=O) groups excluding carboxylic acids is 1. The Morgan fingerprint density at radius 2 is 1.89 bits per heavy atom. The lowest BCUT2D eigenvalue weighted by Gasteiger charge is -2.21. The highest BCUT2D eigenvalue weighted by Crippen LogP contribution is 2.35. The molecule has 1 heterocycles. The van der Waals surface area contributed by atoms with Crippen LogP contribution in [-0.2, 0) is 6.18 Å². The van der Waals surface area contributed by atoms with Crippen molar-refractivity contribution in [1.29, 1.82) is 5.26 Å². The second-order valence-electron chi connectivity index (χ2n) is 6.38. The van der Waals surface area contributed by atoms with Crippen LogP contribution in [0.3, 0.4) is 0 Å². The Balaban J connectivity index is 1.63. The minimum Gasteiger partial charge on any atom is -0.369 e. The van der Waals surface area contributed by atoms with Crippen LogP contribution in [0.25, 0.3) is 0 Å². The molecule has 9 heteroatoms. The van der Waals surface area contributed by atoms with E-state index in [0.29, 0.717) is 30.9 Å². The number of hydrogen-bond acceptors (Lipinski definition) is 3. The zero-order valence-electron chi connectivity index (χ0n) is 14.6. The number of hydrogen-bond donors (Lipinski definition) is 2. The van der Waals surface area contributed by atoms with Crippen LogP contribution >= 0.6 is 0 Å². The smallest absolute Gasteiger partial charge is 0.369 e. The molecule has 2 aromatic rings. The van der Waals surface area contributed by atoms with Gasteiger partial charge < -0.3 is 15.5 Å². The highest BCUT2D eigenvalue weighted by molar-refractivity contribution is 5.89. The van der Waals surface area contributed by atoms with E-state index >= 15 is 0 Å². The second-order valence-corrected chi connectivity index (χ2v) is 6.38. The van der Waals surface area contributed by atoms with Gasteiger partial charge in [-0.3, -0.25) is 0 Å². The summed E-state index contributed by atoms with van der Waals surface area (Å²) in [6, 6.07) is 9.68. The Morgan fingerprint density at radius 3 is 2.54 bits per heavy atom. The number of carbonyl (C=O) groups is 1. The number of nitrogens with zero attached hydrogens (tertiary/aromatic N) is 2. The summed E-state index contributed by atoms with van der Waals surface area (Å²) in [6.45, 7) is 0.796. The minimum absolute atomic E-state index is 0.259. The lowest BCUT2D eigenvalue weighted by molar-refractivity contribution is -0.137. The van der Waals surface area contributed by atoms with Gasteiger partial charge in [-0.05, 0) is 48.9 Å². The molecule has 1 fully saturated rings. The molecule has 28 heavy (non-hydrogen) atoms. The number of nitrogens with one attached hydrogen (secondary N) is 2. The summed E-state index contributed by atoms with van der Waals surface area (Å²) < 4.78 is 52.3. The number of urea groups is 1. The zero-order valence-corrected chi connectivity index (χ0v) is 14.6. The first-order valence-corrected chi connectivity index (χ1v) is 8.45. The van der Waals surface area contributed by atoms with Crippen molar-refractivity contribution in [1.82, 2.24) is 5.32 Å². The molecule has 3 rings (SSSR count). The molecule has 1 aliphatic rings. The normalized spacial score (nSPS) is 16.5. The van der Waals surface area contributed by atoms with Crippen molar-refractivity contribution in [2.24, 2.45) is 0 Å². The van der Waals surface area contributed by atoms with E-state index < -0.39 is 29.2 Å². The summed E-state index contributed by atoms with van der Waals surface area (Å²) in [5.41, 5.74) is -0.632. The van der Waals surface area contributed by atoms with E-state index in [1.54, 1.807) is 11.0 Å². The van der Waals surface area contributed by atoms with E-state index in [1.165, 1.54) is 30.3 Å². The molecule has 1 saturated heterocycles. The Hall–Kier alpha value is -3.28.